The molecule has 1 aromatic rings. The zero-order valence-electron chi connectivity index (χ0n) is 8.40. The first-order chi connectivity index (χ1) is 7.09. The van der Waals surface area contributed by atoms with Crippen molar-refractivity contribution in [3.63, 3.8) is 0 Å². The van der Waals surface area contributed by atoms with Crippen molar-refractivity contribution in [2.75, 3.05) is 0 Å². The summed E-state index contributed by atoms with van der Waals surface area (Å²) in [7, 11) is 0. The lowest BCUT2D eigenvalue weighted by Gasteiger charge is -2.11. The molecule has 1 rings (SSSR count). The van der Waals surface area contributed by atoms with Crippen molar-refractivity contribution in [3.8, 4) is 0 Å². The maximum Gasteiger partial charge on any atom is 0.303 e. The highest BCUT2D eigenvalue weighted by molar-refractivity contribution is 7.12. The Morgan fingerprint density at radius 2 is 2.33 bits per heavy atom. The zero-order valence-corrected chi connectivity index (χ0v) is 9.21. The Bertz CT molecular complexity index is 334. The first kappa shape index (κ1) is 11.7. The van der Waals surface area contributed by atoms with E-state index >= 15 is 0 Å². The van der Waals surface area contributed by atoms with E-state index in [0.29, 0.717) is 11.3 Å². The fraction of sp³-hybridized carbons (Fsp3) is 0.400. The molecule has 1 aromatic heterocycles. The highest BCUT2D eigenvalue weighted by Gasteiger charge is 2.11. The summed E-state index contributed by atoms with van der Waals surface area (Å²) in [6.07, 6.45) is 0.526. The molecule has 1 heterocycles. The molecule has 0 saturated heterocycles. The van der Waals surface area contributed by atoms with Gasteiger partial charge in [-0.05, 0) is 24.8 Å². The lowest BCUT2D eigenvalue weighted by Crippen LogP contribution is -2.32. The number of carbonyl (C=O) groups is 2. The van der Waals surface area contributed by atoms with Gasteiger partial charge < -0.3 is 10.4 Å². The molecule has 5 heteroatoms. The minimum absolute atomic E-state index is 0.0753. The van der Waals surface area contributed by atoms with Gasteiger partial charge in [-0.15, -0.1) is 11.3 Å². The Labute approximate surface area is 91.9 Å². The van der Waals surface area contributed by atoms with Crippen LogP contribution in [0.2, 0.25) is 0 Å². The van der Waals surface area contributed by atoms with Gasteiger partial charge in [0.15, 0.2) is 0 Å². The van der Waals surface area contributed by atoms with Crippen molar-refractivity contribution >= 4 is 23.2 Å². The third-order valence-corrected chi connectivity index (χ3v) is 2.78. The lowest BCUT2D eigenvalue weighted by atomic mass is 10.2. The van der Waals surface area contributed by atoms with Crippen LogP contribution in [0.3, 0.4) is 0 Å². The van der Waals surface area contributed by atoms with Gasteiger partial charge in [0, 0.05) is 12.5 Å². The van der Waals surface area contributed by atoms with Crippen LogP contribution in [0.15, 0.2) is 17.5 Å². The fourth-order valence-electron chi connectivity index (χ4n) is 1.11. The smallest absolute Gasteiger partial charge is 0.303 e. The highest BCUT2D eigenvalue weighted by Crippen LogP contribution is 2.08. The molecule has 82 valence electrons. The van der Waals surface area contributed by atoms with Crippen molar-refractivity contribution < 1.29 is 14.7 Å². The molecule has 1 atom stereocenters. The van der Waals surface area contributed by atoms with Crippen LogP contribution in [0, 0.1) is 0 Å². The third-order valence-electron chi connectivity index (χ3n) is 1.91. The number of aliphatic carboxylic acids is 1. The van der Waals surface area contributed by atoms with Gasteiger partial charge in [-0.2, -0.15) is 0 Å². The van der Waals surface area contributed by atoms with Gasteiger partial charge in [0.1, 0.15) is 0 Å². The molecule has 0 aliphatic carbocycles. The Kier molecular flexibility index (Phi) is 4.30. The van der Waals surface area contributed by atoms with E-state index in [1.165, 1.54) is 11.3 Å². The van der Waals surface area contributed by atoms with Crippen molar-refractivity contribution in [1.82, 2.24) is 5.32 Å². The molecule has 0 bridgehead atoms. The van der Waals surface area contributed by atoms with Crippen LogP contribution in [-0.4, -0.2) is 23.0 Å². The van der Waals surface area contributed by atoms with E-state index in [1.54, 1.807) is 13.0 Å². The molecule has 1 unspecified atom stereocenters. The van der Waals surface area contributed by atoms with Gasteiger partial charge >= 0.3 is 5.97 Å². The van der Waals surface area contributed by atoms with Gasteiger partial charge in [-0.1, -0.05) is 6.07 Å². The van der Waals surface area contributed by atoms with Crippen molar-refractivity contribution in [2.45, 2.75) is 25.8 Å². The summed E-state index contributed by atoms with van der Waals surface area (Å²) in [5.41, 5.74) is 0. The normalized spacial score (nSPS) is 12.1. The van der Waals surface area contributed by atoms with E-state index in [9.17, 15) is 9.59 Å². The number of carboxylic acid groups (broad SMARTS) is 1. The molecule has 4 nitrogen and oxygen atoms in total. The number of amides is 1. The molecule has 0 aliphatic heterocycles. The van der Waals surface area contributed by atoms with E-state index in [2.05, 4.69) is 5.32 Å². The third kappa shape index (κ3) is 4.12. The topological polar surface area (TPSA) is 66.4 Å². The average molecular weight is 227 g/mol. The second kappa shape index (κ2) is 5.50. The summed E-state index contributed by atoms with van der Waals surface area (Å²) in [6.45, 7) is 1.80. The Balaban J connectivity index is 2.35. The number of hydrogen-bond donors (Lipinski definition) is 2. The highest BCUT2D eigenvalue weighted by atomic mass is 32.1. The zero-order chi connectivity index (χ0) is 11.3. The van der Waals surface area contributed by atoms with Crippen LogP contribution >= 0.6 is 11.3 Å². The minimum atomic E-state index is -0.841. The number of nitrogens with one attached hydrogen (secondary N) is 1. The fourth-order valence-corrected chi connectivity index (χ4v) is 1.74. The summed E-state index contributed by atoms with van der Waals surface area (Å²) in [5.74, 6) is -0.977. The quantitative estimate of drug-likeness (QED) is 0.805. The number of hydrogen-bond acceptors (Lipinski definition) is 3. The maximum absolute atomic E-state index is 11.5. The van der Waals surface area contributed by atoms with E-state index in [0.717, 1.165) is 0 Å². The lowest BCUT2D eigenvalue weighted by molar-refractivity contribution is -0.137. The molecule has 15 heavy (non-hydrogen) atoms. The number of carbonyl (C=O) groups excluding carboxylic acids is 1. The van der Waals surface area contributed by atoms with Crippen LogP contribution in [0.4, 0.5) is 0 Å². The predicted molar refractivity (Wildman–Crippen MR) is 58.1 cm³/mol. The molecule has 0 aromatic carbocycles. The average Bonchev–Trinajstić information content (AvgIpc) is 2.67. The van der Waals surface area contributed by atoms with E-state index in [1.807, 2.05) is 11.4 Å². The Hall–Kier alpha value is -1.36. The molecule has 0 fully saturated rings. The van der Waals surface area contributed by atoms with Gasteiger partial charge in [-0.25, -0.2) is 0 Å². The number of rotatable bonds is 5. The molecular weight excluding hydrogens is 214 g/mol. The molecular formula is C10H13NO3S. The van der Waals surface area contributed by atoms with Gasteiger partial charge in [0.2, 0.25) is 0 Å². The van der Waals surface area contributed by atoms with E-state index < -0.39 is 5.97 Å². The summed E-state index contributed by atoms with van der Waals surface area (Å²) in [5, 5.41) is 13.0. The maximum atomic E-state index is 11.5. The Morgan fingerprint density at radius 3 is 2.87 bits per heavy atom. The van der Waals surface area contributed by atoms with Crippen LogP contribution < -0.4 is 5.32 Å². The van der Waals surface area contributed by atoms with Crippen LogP contribution in [0.25, 0.3) is 0 Å². The van der Waals surface area contributed by atoms with Crippen LogP contribution in [0.5, 0.6) is 0 Å². The first-order valence-corrected chi connectivity index (χ1v) is 5.53. The first-order valence-electron chi connectivity index (χ1n) is 4.65. The standard InChI is InChI=1S/C10H13NO3S/c1-7(4-5-9(12)13)11-10(14)8-3-2-6-15-8/h2-3,6-7H,4-5H2,1H3,(H,11,14)(H,12,13). The van der Waals surface area contributed by atoms with Crippen LogP contribution in [-0.2, 0) is 4.79 Å². The summed E-state index contributed by atoms with van der Waals surface area (Å²) < 4.78 is 0. The Morgan fingerprint density at radius 1 is 1.60 bits per heavy atom. The number of thiophene rings is 1. The number of carboxylic acids is 1. The SMILES string of the molecule is CC(CCC(=O)O)NC(=O)c1cccs1. The summed E-state index contributed by atoms with van der Waals surface area (Å²) in [4.78, 5) is 22.5. The van der Waals surface area contributed by atoms with Gasteiger partial charge in [-0.3, -0.25) is 9.59 Å². The molecule has 0 radical (unpaired) electrons. The minimum Gasteiger partial charge on any atom is -0.481 e. The van der Waals surface area contributed by atoms with Gasteiger partial charge in [0.25, 0.3) is 5.91 Å². The van der Waals surface area contributed by atoms with E-state index in [4.69, 9.17) is 5.11 Å². The second-order valence-electron chi connectivity index (χ2n) is 3.28. The largest absolute Gasteiger partial charge is 0.481 e. The van der Waals surface area contributed by atoms with Crippen molar-refractivity contribution in [2.24, 2.45) is 0 Å². The van der Waals surface area contributed by atoms with Crippen molar-refractivity contribution in [1.29, 1.82) is 0 Å². The molecule has 2 N–H and O–H groups in total. The van der Waals surface area contributed by atoms with Crippen molar-refractivity contribution in [3.05, 3.63) is 22.4 Å². The predicted octanol–water partition coefficient (Wildman–Crippen LogP) is 1.73. The molecule has 0 spiro atoms. The summed E-state index contributed by atoms with van der Waals surface area (Å²) >= 11 is 1.37. The monoisotopic (exact) mass is 227 g/mol. The molecule has 0 aliphatic rings. The molecule has 0 saturated carbocycles. The van der Waals surface area contributed by atoms with Gasteiger partial charge in [0.05, 0.1) is 4.88 Å². The summed E-state index contributed by atoms with van der Waals surface area (Å²) in [6, 6.07) is 3.43. The second-order valence-corrected chi connectivity index (χ2v) is 4.23. The van der Waals surface area contributed by atoms with E-state index in [-0.39, 0.29) is 18.4 Å². The molecule has 1 amide bonds. The van der Waals surface area contributed by atoms with Crippen LogP contribution in [0.1, 0.15) is 29.4 Å².